The topological polar surface area (TPSA) is 46.8 Å². The Bertz CT molecular complexity index is 921. The average molecular weight is 440 g/mol. The van der Waals surface area contributed by atoms with Crippen LogP contribution in [0, 0.1) is 13.8 Å². The number of allylic oxidation sites excluding steroid dienone is 1. The highest BCUT2D eigenvalue weighted by molar-refractivity contribution is 7.82. The number of aromatic nitrogens is 4. The molecule has 1 aliphatic carbocycles. The molecule has 2 atom stereocenters. The van der Waals surface area contributed by atoms with Crippen LogP contribution in [0.4, 0.5) is 0 Å². The lowest BCUT2D eigenvalue weighted by atomic mass is 9.81. The normalized spacial score (nSPS) is 20.0. The molecule has 5 nitrogen and oxygen atoms in total. The van der Waals surface area contributed by atoms with Crippen molar-refractivity contribution < 1.29 is 0 Å². The van der Waals surface area contributed by atoms with Crippen molar-refractivity contribution in [3.63, 3.8) is 0 Å². The van der Waals surface area contributed by atoms with Crippen LogP contribution in [0.2, 0.25) is 0 Å². The Morgan fingerprint density at radius 3 is 2.39 bits per heavy atom. The highest BCUT2D eigenvalue weighted by Crippen LogP contribution is 2.43. The molecular formula is C25H37N5S. The van der Waals surface area contributed by atoms with Gasteiger partial charge in [0.05, 0.1) is 11.7 Å². The standard InChI is InChI=1S/C25H37N5S/c1-7-16-29(17-8-2)23(21-12-14-25(31,15-13-21)18(3)4)24-26-27-28-30(24)22-19(5)10-9-11-20(22)6/h9-12,23,31H,3,7-8,13-17H2,1-2,4-6H3. The molecule has 1 heterocycles. The fourth-order valence-corrected chi connectivity index (χ4v) is 4.87. The lowest BCUT2D eigenvalue weighted by molar-refractivity contribution is 0.207. The number of thiol groups is 1. The van der Waals surface area contributed by atoms with Crippen molar-refractivity contribution in [2.24, 2.45) is 0 Å². The Labute approximate surface area is 193 Å². The van der Waals surface area contributed by atoms with E-state index in [0.717, 1.165) is 62.3 Å². The van der Waals surface area contributed by atoms with Crippen molar-refractivity contribution in [2.45, 2.75) is 77.5 Å². The van der Waals surface area contributed by atoms with Gasteiger partial charge in [-0.2, -0.15) is 17.3 Å². The maximum atomic E-state index is 4.96. The zero-order chi connectivity index (χ0) is 22.6. The van der Waals surface area contributed by atoms with Crippen molar-refractivity contribution in [1.82, 2.24) is 25.1 Å². The zero-order valence-electron chi connectivity index (χ0n) is 19.7. The van der Waals surface area contributed by atoms with Crippen LogP contribution >= 0.6 is 12.6 Å². The smallest absolute Gasteiger partial charge is 0.177 e. The van der Waals surface area contributed by atoms with Crippen LogP contribution in [0.1, 0.15) is 75.9 Å². The summed E-state index contributed by atoms with van der Waals surface area (Å²) in [4.78, 5) is 2.55. The van der Waals surface area contributed by atoms with Crippen LogP contribution in [-0.4, -0.2) is 42.9 Å². The van der Waals surface area contributed by atoms with E-state index in [4.69, 9.17) is 12.6 Å². The van der Waals surface area contributed by atoms with Gasteiger partial charge >= 0.3 is 0 Å². The summed E-state index contributed by atoms with van der Waals surface area (Å²) >= 11 is 4.96. The van der Waals surface area contributed by atoms with Gasteiger partial charge in [-0.15, -0.1) is 5.10 Å². The van der Waals surface area contributed by atoms with Gasteiger partial charge in [0.2, 0.25) is 0 Å². The molecule has 0 aliphatic heterocycles. The average Bonchev–Trinajstić information content (AvgIpc) is 3.19. The van der Waals surface area contributed by atoms with Crippen LogP contribution in [0.3, 0.4) is 0 Å². The summed E-state index contributed by atoms with van der Waals surface area (Å²) in [6.07, 6.45) is 7.43. The Balaban J connectivity index is 2.10. The molecule has 0 fully saturated rings. The second-order valence-electron chi connectivity index (χ2n) is 8.92. The van der Waals surface area contributed by atoms with Crippen LogP contribution in [0.15, 0.2) is 42.0 Å². The largest absolute Gasteiger partial charge is 0.290 e. The van der Waals surface area contributed by atoms with E-state index in [-0.39, 0.29) is 10.8 Å². The van der Waals surface area contributed by atoms with E-state index < -0.39 is 0 Å². The van der Waals surface area contributed by atoms with E-state index in [0.29, 0.717) is 0 Å². The van der Waals surface area contributed by atoms with Crippen molar-refractivity contribution in [3.8, 4) is 5.69 Å². The van der Waals surface area contributed by atoms with Crippen molar-refractivity contribution in [3.05, 3.63) is 59.0 Å². The van der Waals surface area contributed by atoms with E-state index >= 15 is 0 Å². The second kappa shape index (κ2) is 10.1. The molecule has 1 aromatic heterocycles. The quantitative estimate of drug-likeness (QED) is 0.396. The molecular weight excluding hydrogens is 402 g/mol. The molecule has 1 aliphatic rings. The van der Waals surface area contributed by atoms with Crippen LogP contribution in [-0.2, 0) is 0 Å². The van der Waals surface area contributed by atoms with Crippen molar-refractivity contribution in [2.75, 3.05) is 13.1 Å². The Hall–Kier alpha value is -1.92. The summed E-state index contributed by atoms with van der Waals surface area (Å²) in [5.74, 6) is 0.910. The molecule has 0 N–H and O–H groups in total. The molecule has 3 rings (SSSR count). The highest BCUT2D eigenvalue weighted by Gasteiger charge is 2.35. The number of para-hydroxylation sites is 1. The van der Waals surface area contributed by atoms with Gasteiger partial charge in [0.1, 0.15) is 0 Å². The molecule has 168 valence electrons. The summed E-state index contributed by atoms with van der Waals surface area (Å²) < 4.78 is 1.85. The molecule has 2 unspecified atom stereocenters. The lowest BCUT2D eigenvalue weighted by Gasteiger charge is -2.38. The third-order valence-electron chi connectivity index (χ3n) is 6.45. The van der Waals surface area contributed by atoms with Crippen molar-refractivity contribution in [1.29, 1.82) is 0 Å². The van der Waals surface area contributed by atoms with Gasteiger partial charge in [-0.3, -0.25) is 4.90 Å². The summed E-state index contributed by atoms with van der Waals surface area (Å²) in [5, 5.41) is 13.2. The second-order valence-corrected chi connectivity index (χ2v) is 9.78. The number of hydrogen-bond donors (Lipinski definition) is 1. The maximum absolute atomic E-state index is 4.96. The first-order valence-electron chi connectivity index (χ1n) is 11.5. The Morgan fingerprint density at radius 1 is 1.23 bits per heavy atom. The maximum Gasteiger partial charge on any atom is 0.177 e. The lowest BCUT2D eigenvalue weighted by Crippen LogP contribution is -2.36. The third kappa shape index (κ3) is 4.96. The number of nitrogens with zero attached hydrogens (tertiary/aromatic N) is 5. The van der Waals surface area contributed by atoms with Gasteiger partial charge in [-0.05, 0) is 93.1 Å². The monoisotopic (exact) mass is 439 g/mol. The highest BCUT2D eigenvalue weighted by atomic mass is 32.1. The molecule has 0 amide bonds. The Kier molecular flexibility index (Phi) is 7.76. The number of aryl methyl sites for hydroxylation is 2. The number of tetrazole rings is 1. The molecule has 0 spiro atoms. The molecule has 0 bridgehead atoms. The van der Waals surface area contributed by atoms with Gasteiger partial charge in [0, 0.05) is 4.75 Å². The molecule has 2 aromatic rings. The first kappa shape index (κ1) is 23.7. The zero-order valence-corrected chi connectivity index (χ0v) is 20.6. The van der Waals surface area contributed by atoms with E-state index in [1.54, 1.807) is 0 Å². The molecule has 6 heteroatoms. The van der Waals surface area contributed by atoms with Crippen LogP contribution in [0.25, 0.3) is 5.69 Å². The first-order valence-corrected chi connectivity index (χ1v) is 11.9. The summed E-state index contributed by atoms with van der Waals surface area (Å²) in [6.45, 7) is 17.0. The number of rotatable bonds is 9. The SMILES string of the molecule is C=C(C)C1(S)CC=C(C(c2nnnn2-c2c(C)cccc2C)N(CCC)CCC)CC1. The minimum Gasteiger partial charge on any atom is -0.290 e. The van der Waals surface area contributed by atoms with Crippen molar-refractivity contribution >= 4 is 12.6 Å². The molecule has 1 aromatic carbocycles. The first-order chi connectivity index (χ1) is 14.8. The van der Waals surface area contributed by atoms with E-state index in [2.05, 4.69) is 85.9 Å². The van der Waals surface area contributed by atoms with Crippen LogP contribution < -0.4 is 0 Å². The summed E-state index contributed by atoms with van der Waals surface area (Å²) in [7, 11) is 0. The van der Waals surface area contributed by atoms with E-state index in [1.165, 1.54) is 16.7 Å². The molecule has 31 heavy (non-hydrogen) atoms. The van der Waals surface area contributed by atoms with Gasteiger partial charge in [0.15, 0.2) is 5.82 Å². The number of hydrogen-bond acceptors (Lipinski definition) is 5. The molecule has 0 saturated carbocycles. The predicted molar refractivity (Wildman–Crippen MR) is 132 cm³/mol. The third-order valence-corrected chi connectivity index (χ3v) is 7.24. The van der Waals surface area contributed by atoms with Gasteiger partial charge in [-0.25, -0.2) is 0 Å². The van der Waals surface area contributed by atoms with Crippen LogP contribution in [0.5, 0.6) is 0 Å². The predicted octanol–water partition coefficient (Wildman–Crippen LogP) is 5.80. The summed E-state index contributed by atoms with van der Waals surface area (Å²) in [5.41, 5.74) is 5.98. The van der Waals surface area contributed by atoms with E-state index in [1.807, 2.05) is 4.68 Å². The van der Waals surface area contributed by atoms with E-state index in [9.17, 15) is 0 Å². The van der Waals surface area contributed by atoms with Gasteiger partial charge in [0.25, 0.3) is 0 Å². The Morgan fingerprint density at radius 2 is 1.87 bits per heavy atom. The minimum absolute atomic E-state index is 0.0666. The number of benzene rings is 1. The minimum atomic E-state index is -0.118. The molecule has 0 saturated heterocycles. The van der Waals surface area contributed by atoms with Gasteiger partial charge < -0.3 is 0 Å². The fraction of sp³-hybridized carbons (Fsp3) is 0.560. The van der Waals surface area contributed by atoms with Gasteiger partial charge in [-0.1, -0.05) is 50.3 Å². The molecule has 0 radical (unpaired) electrons. The summed E-state index contributed by atoms with van der Waals surface area (Å²) in [6, 6.07) is 6.40. The fourth-order valence-electron chi connectivity index (χ4n) is 4.66.